The first-order valence-corrected chi connectivity index (χ1v) is 7.42. The number of hydrogen-bond acceptors (Lipinski definition) is 2. The summed E-state index contributed by atoms with van der Waals surface area (Å²) in [5, 5.41) is 6.19. The monoisotopic (exact) mass is 300 g/mol. The molecule has 0 aliphatic carbocycles. The van der Waals surface area contributed by atoms with Crippen LogP contribution >= 0.6 is 0 Å². The van der Waals surface area contributed by atoms with Gasteiger partial charge in [-0.1, -0.05) is 44.2 Å². The Morgan fingerprint density at radius 1 is 1.05 bits per heavy atom. The largest absolute Gasteiger partial charge is 0.380 e. The van der Waals surface area contributed by atoms with Crippen molar-refractivity contribution in [3.05, 3.63) is 66.0 Å². The second-order valence-corrected chi connectivity index (χ2v) is 5.55. The van der Waals surface area contributed by atoms with Gasteiger partial charge in [-0.25, -0.2) is 4.39 Å². The number of benzene rings is 2. The molecule has 2 rings (SSSR count). The summed E-state index contributed by atoms with van der Waals surface area (Å²) in [6.07, 6.45) is 0. The maximum atomic E-state index is 13.6. The molecule has 116 valence electrons. The lowest BCUT2D eigenvalue weighted by Gasteiger charge is -2.24. The second-order valence-electron chi connectivity index (χ2n) is 5.55. The Balaban J connectivity index is 1.97. The number of carbonyl (C=O) groups is 1. The molecule has 1 amide bonds. The predicted molar refractivity (Wildman–Crippen MR) is 87.4 cm³/mol. The van der Waals surface area contributed by atoms with Gasteiger partial charge in [0.2, 0.25) is 0 Å². The number of anilines is 1. The molecule has 3 nitrogen and oxygen atoms in total. The minimum Gasteiger partial charge on any atom is -0.380 e. The van der Waals surface area contributed by atoms with Crippen molar-refractivity contribution in [3.63, 3.8) is 0 Å². The van der Waals surface area contributed by atoms with Crippen LogP contribution in [-0.4, -0.2) is 18.5 Å². The van der Waals surface area contributed by atoms with E-state index < -0.39 is 11.7 Å². The van der Waals surface area contributed by atoms with Gasteiger partial charge in [-0.15, -0.1) is 0 Å². The maximum Gasteiger partial charge on any atom is 0.254 e. The van der Waals surface area contributed by atoms with Crippen molar-refractivity contribution in [2.45, 2.75) is 19.9 Å². The number of nitrogens with one attached hydrogen (secondary N) is 2. The molecule has 0 heterocycles. The highest BCUT2D eigenvalue weighted by molar-refractivity contribution is 5.94. The summed E-state index contributed by atoms with van der Waals surface area (Å²) in [7, 11) is 0. The molecular formula is C18H21FN2O. The van der Waals surface area contributed by atoms with E-state index in [1.807, 2.05) is 30.3 Å². The molecule has 0 saturated heterocycles. The lowest BCUT2D eigenvalue weighted by molar-refractivity contribution is 0.0946. The van der Waals surface area contributed by atoms with Gasteiger partial charge in [0.15, 0.2) is 0 Å². The van der Waals surface area contributed by atoms with Gasteiger partial charge in [-0.2, -0.15) is 0 Å². The van der Waals surface area contributed by atoms with Crippen LogP contribution in [0.25, 0.3) is 0 Å². The summed E-state index contributed by atoms with van der Waals surface area (Å²) in [5.41, 5.74) is 1.08. The van der Waals surface area contributed by atoms with Gasteiger partial charge in [0.1, 0.15) is 5.82 Å². The fourth-order valence-corrected chi connectivity index (χ4v) is 2.15. The van der Waals surface area contributed by atoms with Crippen LogP contribution in [0.1, 0.15) is 24.2 Å². The molecule has 1 unspecified atom stereocenters. The standard InChI is InChI=1S/C18H21FN2O/c1-13(2)17(21-14-8-4-3-5-9-14)12-20-18(22)15-10-6-7-11-16(15)19/h3-11,13,17,21H,12H2,1-2H3,(H,20,22). The van der Waals surface area contributed by atoms with Crippen molar-refractivity contribution in [3.8, 4) is 0 Å². The average molecular weight is 300 g/mol. The molecule has 1 atom stereocenters. The predicted octanol–water partition coefficient (Wildman–Crippen LogP) is 3.69. The lowest BCUT2D eigenvalue weighted by Crippen LogP contribution is -2.39. The molecule has 0 aromatic heterocycles. The summed E-state index contributed by atoms with van der Waals surface area (Å²) in [6, 6.07) is 15.9. The molecule has 22 heavy (non-hydrogen) atoms. The third-order valence-corrected chi connectivity index (χ3v) is 3.53. The molecule has 0 aliphatic rings. The molecule has 2 aromatic carbocycles. The van der Waals surface area contributed by atoms with Crippen molar-refractivity contribution >= 4 is 11.6 Å². The zero-order chi connectivity index (χ0) is 15.9. The van der Waals surface area contributed by atoms with E-state index in [-0.39, 0.29) is 11.6 Å². The topological polar surface area (TPSA) is 41.1 Å². The number of para-hydroxylation sites is 1. The normalized spacial score (nSPS) is 12.0. The summed E-state index contributed by atoms with van der Waals surface area (Å²) in [5.74, 6) is -0.572. The summed E-state index contributed by atoms with van der Waals surface area (Å²) >= 11 is 0. The first kappa shape index (κ1) is 16.0. The Labute approximate surface area is 130 Å². The Morgan fingerprint density at radius 3 is 2.32 bits per heavy atom. The Bertz CT molecular complexity index is 613. The van der Waals surface area contributed by atoms with Crippen LogP contribution in [-0.2, 0) is 0 Å². The smallest absolute Gasteiger partial charge is 0.254 e. The van der Waals surface area contributed by atoms with E-state index in [4.69, 9.17) is 0 Å². The minimum absolute atomic E-state index is 0.0677. The van der Waals surface area contributed by atoms with E-state index in [2.05, 4.69) is 24.5 Å². The molecule has 2 N–H and O–H groups in total. The van der Waals surface area contributed by atoms with Crippen molar-refractivity contribution in [1.29, 1.82) is 0 Å². The summed E-state index contributed by atoms with van der Waals surface area (Å²) in [4.78, 5) is 12.1. The van der Waals surface area contributed by atoms with E-state index in [1.165, 1.54) is 12.1 Å². The molecule has 0 saturated carbocycles. The zero-order valence-corrected chi connectivity index (χ0v) is 12.8. The van der Waals surface area contributed by atoms with Crippen molar-refractivity contribution in [1.82, 2.24) is 5.32 Å². The molecule has 0 bridgehead atoms. The minimum atomic E-state index is -0.503. The van der Waals surface area contributed by atoms with Crippen LogP contribution < -0.4 is 10.6 Å². The highest BCUT2D eigenvalue weighted by Crippen LogP contribution is 2.12. The van der Waals surface area contributed by atoms with Crippen molar-refractivity contribution < 1.29 is 9.18 Å². The third kappa shape index (κ3) is 4.32. The van der Waals surface area contributed by atoms with Crippen LogP contribution in [0.15, 0.2) is 54.6 Å². The molecule has 4 heteroatoms. The van der Waals surface area contributed by atoms with Gasteiger partial charge in [0.25, 0.3) is 5.91 Å². The van der Waals surface area contributed by atoms with Gasteiger partial charge in [-0.05, 0) is 30.2 Å². The number of halogens is 1. The van der Waals surface area contributed by atoms with E-state index in [9.17, 15) is 9.18 Å². The summed E-state index contributed by atoms with van der Waals surface area (Å²) in [6.45, 7) is 4.59. The molecule has 0 aliphatic heterocycles. The first-order valence-electron chi connectivity index (χ1n) is 7.42. The fourth-order valence-electron chi connectivity index (χ4n) is 2.15. The fraction of sp³-hybridized carbons (Fsp3) is 0.278. The Kier molecular flexibility index (Phi) is 5.53. The second kappa shape index (κ2) is 7.59. The number of amides is 1. The number of rotatable bonds is 6. The molecular weight excluding hydrogens is 279 g/mol. The van der Waals surface area contributed by atoms with Crippen LogP contribution in [0, 0.1) is 11.7 Å². The van der Waals surface area contributed by atoms with E-state index >= 15 is 0 Å². The van der Waals surface area contributed by atoms with Gasteiger partial charge < -0.3 is 10.6 Å². The highest BCUT2D eigenvalue weighted by Gasteiger charge is 2.16. The van der Waals surface area contributed by atoms with E-state index in [0.717, 1.165) is 5.69 Å². The molecule has 2 aromatic rings. The maximum absolute atomic E-state index is 13.6. The number of carbonyl (C=O) groups excluding carboxylic acids is 1. The average Bonchev–Trinajstić information content (AvgIpc) is 2.52. The molecule has 0 fully saturated rings. The molecule has 0 spiro atoms. The lowest BCUT2D eigenvalue weighted by atomic mass is 10.0. The molecule has 0 radical (unpaired) electrons. The van der Waals surface area contributed by atoms with Crippen LogP contribution in [0.5, 0.6) is 0 Å². The number of hydrogen-bond donors (Lipinski definition) is 2. The SMILES string of the molecule is CC(C)C(CNC(=O)c1ccccc1F)Nc1ccccc1. The Hall–Kier alpha value is -2.36. The first-order chi connectivity index (χ1) is 10.6. The highest BCUT2D eigenvalue weighted by atomic mass is 19.1. The van der Waals surface area contributed by atoms with Gasteiger partial charge >= 0.3 is 0 Å². The summed E-state index contributed by atoms with van der Waals surface area (Å²) < 4.78 is 13.6. The van der Waals surface area contributed by atoms with Crippen molar-refractivity contribution in [2.75, 3.05) is 11.9 Å². The van der Waals surface area contributed by atoms with E-state index in [1.54, 1.807) is 12.1 Å². The van der Waals surface area contributed by atoms with Crippen molar-refractivity contribution in [2.24, 2.45) is 5.92 Å². The van der Waals surface area contributed by atoms with E-state index in [0.29, 0.717) is 12.5 Å². The van der Waals surface area contributed by atoms with Gasteiger partial charge in [0, 0.05) is 18.3 Å². The van der Waals surface area contributed by atoms with Crippen LogP contribution in [0.2, 0.25) is 0 Å². The zero-order valence-electron chi connectivity index (χ0n) is 12.8. The van der Waals surface area contributed by atoms with Gasteiger partial charge in [-0.3, -0.25) is 4.79 Å². The Morgan fingerprint density at radius 2 is 1.68 bits per heavy atom. The van der Waals surface area contributed by atoms with Crippen LogP contribution in [0.3, 0.4) is 0 Å². The quantitative estimate of drug-likeness (QED) is 0.854. The third-order valence-electron chi connectivity index (χ3n) is 3.53. The van der Waals surface area contributed by atoms with Gasteiger partial charge in [0.05, 0.1) is 5.56 Å². The van der Waals surface area contributed by atoms with Crippen LogP contribution in [0.4, 0.5) is 10.1 Å².